The van der Waals surface area contributed by atoms with Gasteiger partial charge in [-0.2, -0.15) is 0 Å². The average molecular weight is 338 g/mol. The summed E-state index contributed by atoms with van der Waals surface area (Å²) in [5.41, 5.74) is 4.64. The molecule has 2 aromatic carbocycles. The Bertz CT molecular complexity index is 845. The summed E-state index contributed by atoms with van der Waals surface area (Å²) in [6.45, 7) is 5.78. The summed E-state index contributed by atoms with van der Waals surface area (Å²) >= 11 is 0. The molecule has 0 fully saturated rings. The van der Waals surface area contributed by atoms with Gasteiger partial charge >= 0.3 is 0 Å². The topological polar surface area (TPSA) is 58.6 Å². The molecule has 1 aliphatic rings. The van der Waals surface area contributed by atoms with Gasteiger partial charge in [0.05, 0.1) is 12.1 Å². The molecular formula is C20H22N2O3. The van der Waals surface area contributed by atoms with Crippen LogP contribution in [0.5, 0.6) is 5.75 Å². The van der Waals surface area contributed by atoms with E-state index in [2.05, 4.69) is 5.32 Å². The highest BCUT2D eigenvalue weighted by atomic mass is 16.5. The van der Waals surface area contributed by atoms with Gasteiger partial charge in [0.15, 0.2) is 6.10 Å². The highest BCUT2D eigenvalue weighted by Crippen LogP contribution is 2.34. The number of hydrogen-bond acceptors (Lipinski definition) is 3. The molecule has 0 aliphatic carbocycles. The number of benzene rings is 2. The normalized spacial score (nSPS) is 16.2. The first-order valence-corrected chi connectivity index (χ1v) is 8.29. The minimum atomic E-state index is -0.489. The van der Waals surface area contributed by atoms with Crippen molar-refractivity contribution in [2.75, 3.05) is 17.3 Å². The van der Waals surface area contributed by atoms with Crippen LogP contribution in [0.25, 0.3) is 0 Å². The Morgan fingerprint density at radius 2 is 1.92 bits per heavy atom. The number of nitrogens with zero attached hydrogens (tertiary/aromatic N) is 1. The van der Waals surface area contributed by atoms with Crippen LogP contribution >= 0.6 is 0 Å². The molecule has 0 saturated heterocycles. The molecule has 1 unspecified atom stereocenters. The molecular weight excluding hydrogens is 316 g/mol. The minimum Gasteiger partial charge on any atom is -0.479 e. The number of likely N-dealkylation sites (N-methyl/N-ethyl adjacent to an activating group) is 1. The first kappa shape index (κ1) is 17.0. The van der Waals surface area contributed by atoms with E-state index in [1.54, 1.807) is 18.9 Å². The molecule has 1 atom stereocenters. The second-order valence-corrected chi connectivity index (χ2v) is 6.48. The fourth-order valence-electron chi connectivity index (χ4n) is 2.88. The second kappa shape index (κ2) is 6.59. The van der Waals surface area contributed by atoms with Gasteiger partial charge in [-0.3, -0.25) is 9.59 Å². The van der Waals surface area contributed by atoms with Crippen LogP contribution in [0.1, 0.15) is 23.6 Å². The number of nitrogens with one attached hydrogen (secondary N) is 1. The monoisotopic (exact) mass is 338 g/mol. The maximum atomic E-state index is 12.3. The minimum absolute atomic E-state index is 0.0933. The van der Waals surface area contributed by atoms with Gasteiger partial charge in [-0.05, 0) is 61.7 Å². The third kappa shape index (κ3) is 3.50. The van der Waals surface area contributed by atoms with Crippen molar-refractivity contribution in [1.29, 1.82) is 0 Å². The number of amides is 2. The summed E-state index contributed by atoms with van der Waals surface area (Å²) in [4.78, 5) is 25.9. The zero-order valence-corrected chi connectivity index (χ0v) is 14.9. The molecule has 2 aromatic rings. The summed E-state index contributed by atoms with van der Waals surface area (Å²) in [5.74, 6) is 0.472. The Kier molecular flexibility index (Phi) is 4.49. The predicted octanol–water partition coefficient (Wildman–Crippen LogP) is 3.23. The lowest BCUT2D eigenvalue weighted by atomic mass is 10.1. The SMILES string of the molecule is Cc1ccc(NC(=O)Cc2ccc3c(c2)N(C)C(=O)C(C)O3)cc1C. The van der Waals surface area contributed by atoms with E-state index in [-0.39, 0.29) is 18.2 Å². The van der Waals surface area contributed by atoms with E-state index in [0.717, 1.165) is 16.8 Å². The molecule has 130 valence electrons. The molecule has 0 radical (unpaired) electrons. The lowest BCUT2D eigenvalue weighted by molar-refractivity contribution is -0.125. The lowest BCUT2D eigenvalue weighted by Crippen LogP contribution is -2.42. The van der Waals surface area contributed by atoms with E-state index in [1.807, 2.05) is 50.2 Å². The van der Waals surface area contributed by atoms with Crippen molar-refractivity contribution in [3.05, 3.63) is 53.1 Å². The maximum absolute atomic E-state index is 12.3. The smallest absolute Gasteiger partial charge is 0.267 e. The highest BCUT2D eigenvalue weighted by Gasteiger charge is 2.28. The first-order valence-electron chi connectivity index (χ1n) is 8.29. The van der Waals surface area contributed by atoms with E-state index in [9.17, 15) is 9.59 Å². The van der Waals surface area contributed by atoms with Crippen LogP contribution in [-0.2, 0) is 16.0 Å². The zero-order valence-electron chi connectivity index (χ0n) is 14.9. The molecule has 2 amide bonds. The van der Waals surface area contributed by atoms with Crippen LogP contribution in [0, 0.1) is 13.8 Å². The van der Waals surface area contributed by atoms with Crippen LogP contribution in [-0.4, -0.2) is 25.0 Å². The number of hydrogen-bond donors (Lipinski definition) is 1. The maximum Gasteiger partial charge on any atom is 0.267 e. The van der Waals surface area contributed by atoms with Gasteiger partial charge < -0.3 is 15.0 Å². The van der Waals surface area contributed by atoms with Crippen LogP contribution in [0.2, 0.25) is 0 Å². The average Bonchev–Trinajstić information content (AvgIpc) is 2.57. The van der Waals surface area contributed by atoms with Crippen LogP contribution in [0.4, 0.5) is 11.4 Å². The van der Waals surface area contributed by atoms with Crippen molar-refractivity contribution in [3.8, 4) is 5.75 Å². The van der Waals surface area contributed by atoms with Gasteiger partial charge in [-0.1, -0.05) is 12.1 Å². The fourth-order valence-corrected chi connectivity index (χ4v) is 2.88. The van der Waals surface area contributed by atoms with Gasteiger partial charge in [0.1, 0.15) is 5.75 Å². The van der Waals surface area contributed by atoms with Gasteiger partial charge in [0.2, 0.25) is 5.91 Å². The van der Waals surface area contributed by atoms with Crippen molar-refractivity contribution < 1.29 is 14.3 Å². The summed E-state index contributed by atoms with van der Waals surface area (Å²) in [5, 5.41) is 2.91. The zero-order chi connectivity index (χ0) is 18.1. The van der Waals surface area contributed by atoms with Gasteiger partial charge in [-0.15, -0.1) is 0 Å². The van der Waals surface area contributed by atoms with E-state index in [1.165, 1.54) is 5.56 Å². The quantitative estimate of drug-likeness (QED) is 0.935. The van der Waals surface area contributed by atoms with Crippen LogP contribution in [0.3, 0.4) is 0 Å². The number of rotatable bonds is 3. The Balaban J connectivity index is 1.74. The van der Waals surface area contributed by atoms with Crippen LogP contribution < -0.4 is 15.0 Å². The summed E-state index contributed by atoms with van der Waals surface area (Å²) < 4.78 is 5.60. The third-order valence-corrected chi connectivity index (χ3v) is 4.52. The van der Waals surface area contributed by atoms with Crippen LogP contribution in [0.15, 0.2) is 36.4 Å². The second-order valence-electron chi connectivity index (χ2n) is 6.48. The van der Waals surface area contributed by atoms with Crippen molar-refractivity contribution in [2.45, 2.75) is 33.3 Å². The molecule has 5 heteroatoms. The van der Waals surface area contributed by atoms with Crippen molar-refractivity contribution in [2.24, 2.45) is 0 Å². The summed E-state index contributed by atoms with van der Waals surface area (Å²) in [6.07, 6.45) is -0.256. The van der Waals surface area contributed by atoms with E-state index < -0.39 is 6.10 Å². The van der Waals surface area contributed by atoms with Gasteiger partial charge in [0.25, 0.3) is 5.91 Å². The fraction of sp³-hybridized carbons (Fsp3) is 0.300. The lowest BCUT2D eigenvalue weighted by Gasteiger charge is -2.30. The third-order valence-electron chi connectivity index (χ3n) is 4.52. The number of carbonyl (C=O) groups excluding carboxylic acids is 2. The number of aryl methyl sites for hydroxylation is 2. The Hall–Kier alpha value is -2.82. The van der Waals surface area contributed by atoms with E-state index in [4.69, 9.17) is 4.74 Å². The molecule has 0 saturated carbocycles. The number of ether oxygens (including phenoxy) is 1. The van der Waals surface area contributed by atoms with E-state index in [0.29, 0.717) is 11.4 Å². The van der Waals surface area contributed by atoms with Gasteiger partial charge in [-0.25, -0.2) is 0 Å². The molecule has 1 heterocycles. The number of anilines is 2. The molecule has 0 aromatic heterocycles. The predicted molar refractivity (Wildman–Crippen MR) is 98.2 cm³/mol. The van der Waals surface area contributed by atoms with E-state index >= 15 is 0 Å². The molecule has 0 bridgehead atoms. The highest BCUT2D eigenvalue weighted by molar-refractivity contribution is 5.99. The van der Waals surface area contributed by atoms with Crippen molar-refractivity contribution in [1.82, 2.24) is 0 Å². The summed E-state index contributed by atoms with van der Waals surface area (Å²) in [6, 6.07) is 11.3. The molecule has 5 nitrogen and oxygen atoms in total. The number of fused-ring (bicyclic) bond motifs is 1. The Morgan fingerprint density at radius 3 is 2.64 bits per heavy atom. The molecule has 1 N–H and O–H groups in total. The molecule has 0 spiro atoms. The van der Waals surface area contributed by atoms with Crippen molar-refractivity contribution in [3.63, 3.8) is 0 Å². The standard InChI is InChI=1S/C20H22N2O3/c1-12-5-7-16(9-13(12)2)21-19(23)11-15-6-8-18-17(10-15)22(4)20(24)14(3)25-18/h5-10,14H,11H2,1-4H3,(H,21,23). The molecule has 1 aliphatic heterocycles. The largest absolute Gasteiger partial charge is 0.479 e. The Labute approximate surface area is 147 Å². The first-order chi connectivity index (χ1) is 11.8. The molecule has 3 rings (SSSR count). The Morgan fingerprint density at radius 1 is 1.16 bits per heavy atom. The number of carbonyl (C=O) groups is 2. The molecule has 25 heavy (non-hydrogen) atoms. The summed E-state index contributed by atoms with van der Waals surface area (Å²) in [7, 11) is 1.72. The van der Waals surface area contributed by atoms with Crippen molar-refractivity contribution >= 4 is 23.2 Å². The van der Waals surface area contributed by atoms with Gasteiger partial charge in [0, 0.05) is 12.7 Å².